The van der Waals surface area contributed by atoms with E-state index in [1.54, 1.807) is 12.1 Å². The lowest BCUT2D eigenvalue weighted by molar-refractivity contribution is -0.137. The van der Waals surface area contributed by atoms with Crippen LogP contribution in [0.3, 0.4) is 0 Å². The highest BCUT2D eigenvalue weighted by molar-refractivity contribution is 5.87. The van der Waals surface area contributed by atoms with Crippen molar-refractivity contribution in [1.29, 1.82) is 0 Å². The molecule has 0 spiro atoms. The minimum atomic E-state index is -0.550. The van der Waals surface area contributed by atoms with Gasteiger partial charge in [-0.3, -0.25) is 9.59 Å². The standard InChI is InChI=1S/C18H20O6/c1-4-5-6-11-22-18(21)10-8-15-7-9-16(23-13(2)19)17(12-15)24-14(3)20/h4,7-10,12H,1,5-6,11H2,2-3H3/b10-8+. The summed E-state index contributed by atoms with van der Waals surface area (Å²) in [5.41, 5.74) is 0.588. The molecule has 0 aliphatic carbocycles. The number of carbonyl (C=O) groups is 3. The van der Waals surface area contributed by atoms with Crippen LogP contribution >= 0.6 is 0 Å². The Hall–Kier alpha value is -2.89. The van der Waals surface area contributed by atoms with Gasteiger partial charge in [0.1, 0.15) is 0 Å². The minimum absolute atomic E-state index is 0.0965. The topological polar surface area (TPSA) is 78.9 Å². The van der Waals surface area contributed by atoms with Crippen molar-refractivity contribution >= 4 is 24.0 Å². The fourth-order valence-electron chi connectivity index (χ4n) is 1.71. The fourth-order valence-corrected chi connectivity index (χ4v) is 1.71. The maximum atomic E-state index is 11.6. The summed E-state index contributed by atoms with van der Waals surface area (Å²) in [4.78, 5) is 33.8. The number of allylic oxidation sites excluding steroid dienone is 1. The van der Waals surface area contributed by atoms with Crippen molar-refractivity contribution in [3.63, 3.8) is 0 Å². The Morgan fingerprint density at radius 2 is 1.75 bits per heavy atom. The molecule has 1 rings (SSSR count). The largest absolute Gasteiger partial charge is 0.463 e. The Kier molecular flexibility index (Phi) is 7.98. The molecule has 6 nitrogen and oxygen atoms in total. The first-order chi connectivity index (χ1) is 11.4. The van der Waals surface area contributed by atoms with E-state index in [0.29, 0.717) is 12.2 Å². The van der Waals surface area contributed by atoms with Crippen LogP contribution in [0.15, 0.2) is 36.9 Å². The van der Waals surface area contributed by atoms with Gasteiger partial charge in [0.05, 0.1) is 6.61 Å². The Morgan fingerprint density at radius 1 is 1.08 bits per heavy atom. The van der Waals surface area contributed by atoms with Crippen LogP contribution in [-0.2, 0) is 19.1 Å². The molecule has 6 heteroatoms. The third-order valence-electron chi connectivity index (χ3n) is 2.68. The summed E-state index contributed by atoms with van der Waals surface area (Å²) >= 11 is 0. The summed E-state index contributed by atoms with van der Waals surface area (Å²) in [6.45, 7) is 6.38. The number of esters is 3. The average Bonchev–Trinajstić information content (AvgIpc) is 2.51. The van der Waals surface area contributed by atoms with Gasteiger partial charge in [0.25, 0.3) is 0 Å². The number of hydrogen-bond donors (Lipinski definition) is 0. The van der Waals surface area contributed by atoms with Gasteiger partial charge >= 0.3 is 17.9 Å². The third-order valence-corrected chi connectivity index (χ3v) is 2.68. The smallest absolute Gasteiger partial charge is 0.330 e. The van der Waals surface area contributed by atoms with Gasteiger partial charge in [-0.05, 0) is 36.6 Å². The van der Waals surface area contributed by atoms with E-state index in [1.165, 1.54) is 38.1 Å². The highest BCUT2D eigenvalue weighted by atomic mass is 16.6. The van der Waals surface area contributed by atoms with Crippen LogP contribution in [0.1, 0.15) is 32.3 Å². The summed E-state index contributed by atoms with van der Waals surface area (Å²) in [5.74, 6) is -1.33. The van der Waals surface area contributed by atoms with Crippen molar-refractivity contribution in [3.8, 4) is 11.5 Å². The van der Waals surface area contributed by atoms with E-state index >= 15 is 0 Å². The van der Waals surface area contributed by atoms with Gasteiger partial charge in [-0.15, -0.1) is 6.58 Å². The molecule has 0 aromatic heterocycles. The zero-order valence-electron chi connectivity index (χ0n) is 13.7. The van der Waals surface area contributed by atoms with Gasteiger partial charge in [-0.1, -0.05) is 12.1 Å². The van der Waals surface area contributed by atoms with E-state index in [4.69, 9.17) is 14.2 Å². The van der Waals surface area contributed by atoms with E-state index in [0.717, 1.165) is 12.8 Å². The predicted octanol–water partition coefficient (Wildman–Crippen LogP) is 3.06. The second-order valence-corrected chi connectivity index (χ2v) is 4.83. The fraction of sp³-hybridized carbons (Fsp3) is 0.278. The summed E-state index contributed by atoms with van der Waals surface area (Å²) in [5, 5.41) is 0. The lowest BCUT2D eigenvalue weighted by atomic mass is 10.2. The second-order valence-electron chi connectivity index (χ2n) is 4.83. The molecule has 0 amide bonds. The number of carbonyl (C=O) groups excluding carboxylic acids is 3. The molecule has 0 radical (unpaired) electrons. The minimum Gasteiger partial charge on any atom is -0.463 e. The molecule has 0 saturated heterocycles. The van der Waals surface area contributed by atoms with Gasteiger partial charge in [0.15, 0.2) is 11.5 Å². The number of unbranched alkanes of at least 4 members (excludes halogenated alkanes) is 1. The molecule has 24 heavy (non-hydrogen) atoms. The van der Waals surface area contributed by atoms with Crippen molar-refractivity contribution in [1.82, 2.24) is 0 Å². The number of ether oxygens (including phenoxy) is 3. The monoisotopic (exact) mass is 332 g/mol. The molecule has 0 bridgehead atoms. The average molecular weight is 332 g/mol. The van der Waals surface area contributed by atoms with Gasteiger partial charge < -0.3 is 14.2 Å². The molecule has 128 valence electrons. The SMILES string of the molecule is C=CCCCOC(=O)/C=C/c1ccc(OC(C)=O)c(OC(C)=O)c1. The first-order valence-electron chi connectivity index (χ1n) is 7.39. The second kappa shape index (κ2) is 9.99. The molecule has 0 fully saturated rings. The highest BCUT2D eigenvalue weighted by Gasteiger charge is 2.10. The van der Waals surface area contributed by atoms with Gasteiger partial charge in [-0.25, -0.2) is 4.79 Å². The number of benzene rings is 1. The van der Waals surface area contributed by atoms with Crippen LogP contribution in [0.2, 0.25) is 0 Å². The number of rotatable bonds is 8. The van der Waals surface area contributed by atoms with E-state index in [9.17, 15) is 14.4 Å². The molecule has 0 heterocycles. The van der Waals surface area contributed by atoms with Crippen LogP contribution in [-0.4, -0.2) is 24.5 Å². The predicted molar refractivity (Wildman–Crippen MR) is 88.5 cm³/mol. The Labute approximate surface area is 140 Å². The Bertz CT molecular complexity index is 645. The van der Waals surface area contributed by atoms with Gasteiger partial charge in [0.2, 0.25) is 0 Å². The molecule has 0 aliphatic rings. The van der Waals surface area contributed by atoms with Crippen LogP contribution in [0.25, 0.3) is 6.08 Å². The van der Waals surface area contributed by atoms with Crippen molar-refractivity contribution in [2.45, 2.75) is 26.7 Å². The van der Waals surface area contributed by atoms with E-state index in [-0.39, 0.29) is 11.5 Å². The molecule has 0 aliphatic heterocycles. The molecule has 0 unspecified atom stereocenters. The zero-order valence-corrected chi connectivity index (χ0v) is 13.7. The Morgan fingerprint density at radius 3 is 2.38 bits per heavy atom. The van der Waals surface area contributed by atoms with Crippen LogP contribution in [0, 0.1) is 0 Å². The highest BCUT2D eigenvalue weighted by Crippen LogP contribution is 2.29. The molecule has 1 aromatic carbocycles. The van der Waals surface area contributed by atoms with Crippen molar-refractivity contribution < 1.29 is 28.6 Å². The summed E-state index contributed by atoms with van der Waals surface area (Å²) in [6, 6.07) is 4.59. The van der Waals surface area contributed by atoms with Crippen LogP contribution < -0.4 is 9.47 Å². The molecule has 0 saturated carbocycles. The molecule has 0 atom stereocenters. The summed E-state index contributed by atoms with van der Waals surface area (Å²) in [7, 11) is 0. The van der Waals surface area contributed by atoms with E-state index < -0.39 is 17.9 Å². The summed E-state index contributed by atoms with van der Waals surface area (Å²) < 4.78 is 15.0. The first-order valence-corrected chi connectivity index (χ1v) is 7.39. The van der Waals surface area contributed by atoms with Crippen molar-refractivity contribution in [2.24, 2.45) is 0 Å². The first kappa shape index (κ1) is 19.2. The van der Waals surface area contributed by atoms with Gasteiger partial charge in [0, 0.05) is 19.9 Å². The molecule has 1 aromatic rings. The lowest BCUT2D eigenvalue weighted by Crippen LogP contribution is -2.07. The molecular formula is C18H20O6. The zero-order chi connectivity index (χ0) is 17.9. The Balaban J connectivity index is 2.78. The third kappa shape index (κ3) is 7.40. The number of hydrogen-bond acceptors (Lipinski definition) is 6. The quantitative estimate of drug-likeness (QED) is 0.239. The van der Waals surface area contributed by atoms with Gasteiger partial charge in [-0.2, -0.15) is 0 Å². The van der Waals surface area contributed by atoms with Crippen molar-refractivity contribution in [2.75, 3.05) is 6.61 Å². The van der Waals surface area contributed by atoms with E-state index in [1.807, 2.05) is 0 Å². The van der Waals surface area contributed by atoms with E-state index in [2.05, 4.69) is 6.58 Å². The maximum Gasteiger partial charge on any atom is 0.330 e. The van der Waals surface area contributed by atoms with Crippen LogP contribution in [0.5, 0.6) is 11.5 Å². The molecular weight excluding hydrogens is 312 g/mol. The van der Waals surface area contributed by atoms with Crippen LogP contribution in [0.4, 0.5) is 0 Å². The summed E-state index contributed by atoms with van der Waals surface area (Å²) in [6.07, 6.45) is 6.04. The lowest BCUT2D eigenvalue weighted by Gasteiger charge is -2.09. The van der Waals surface area contributed by atoms with Crippen molar-refractivity contribution in [3.05, 3.63) is 42.5 Å². The molecule has 0 N–H and O–H groups in total. The normalized spacial score (nSPS) is 10.2. The maximum absolute atomic E-state index is 11.6.